The van der Waals surface area contributed by atoms with Crippen molar-refractivity contribution in [3.63, 3.8) is 0 Å². The third kappa shape index (κ3) is 6.37. The van der Waals surface area contributed by atoms with Crippen LogP contribution in [-0.4, -0.2) is 0 Å². The van der Waals surface area contributed by atoms with Crippen molar-refractivity contribution in [1.82, 2.24) is 0 Å². The Labute approximate surface area is 310 Å². The molecule has 9 aromatic rings. The fourth-order valence-corrected chi connectivity index (χ4v) is 7.28. The van der Waals surface area contributed by atoms with Crippen LogP contribution in [0.25, 0.3) is 21.5 Å². The number of nitrogens with zero attached hydrogens (tertiary/aromatic N) is 3. The smallest absolute Gasteiger partial charge is 0.0468 e. The van der Waals surface area contributed by atoms with Crippen molar-refractivity contribution in [3.05, 3.63) is 224 Å². The molecule has 0 fully saturated rings. The molecule has 0 N–H and O–H groups in total. The van der Waals surface area contributed by atoms with Crippen LogP contribution in [0.15, 0.2) is 224 Å². The normalized spacial score (nSPS) is 11.0. The standard InChI is InChI=1S/C50H37N3/c1-5-16-40(17-6-1)51(41-18-7-2-8-19-41)44-29-31-45(32-30-44)52(42-20-9-3-10-21-42)46-33-35-47(36-34-46)53(43-22-11-4-12-23-43)48-28-27-39-26-25-38-15-13-14-24-49(38)50(39)37-48/h1-37H. The van der Waals surface area contributed by atoms with Crippen molar-refractivity contribution in [1.29, 1.82) is 0 Å². The lowest BCUT2D eigenvalue weighted by molar-refractivity contribution is 1.25. The SMILES string of the molecule is c1ccc(N(c2ccccc2)c2ccc(N(c3ccccc3)c3ccc(N(c4ccccc4)c4ccc5ccc6ccccc6c5c4)cc3)cc2)cc1. The van der Waals surface area contributed by atoms with Gasteiger partial charge in [-0.25, -0.2) is 0 Å². The molecular formula is C50H37N3. The molecule has 252 valence electrons. The third-order valence-electron chi connectivity index (χ3n) is 9.78. The maximum Gasteiger partial charge on any atom is 0.0468 e. The molecule has 0 saturated carbocycles. The summed E-state index contributed by atoms with van der Waals surface area (Å²) in [5.74, 6) is 0. The van der Waals surface area contributed by atoms with E-state index in [9.17, 15) is 0 Å². The van der Waals surface area contributed by atoms with E-state index in [1.807, 2.05) is 0 Å². The first-order valence-corrected chi connectivity index (χ1v) is 18.0. The summed E-state index contributed by atoms with van der Waals surface area (Å²) in [7, 11) is 0. The third-order valence-corrected chi connectivity index (χ3v) is 9.78. The van der Waals surface area contributed by atoms with Crippen LogP contribution in [0.4, 0.5) is 51.2 Å². The molecular weight excluding hydrogens is 643 g/mol. The van der Waals surface area contributed by atoms with Crippen LogP contribution in [0.3, 0.4) is 0 Å². The zero-order valence-corrected chi connectivity index (χ0v) is 29.2. The Balaban J connectivity index is 1.11. The molecule has 0 aliphatic heterocycles. The first kappa shape index (κ1) is 31.9. The Kier molecular flexibility index (Phi) is 8.57. The van der Waals surface area contributed by atoms with Gasteiger partial charge in [0, 0.05) is 51.2 Å². The number of benzene rings is 9. The molecule has 9 aromatic carbocycles. The Bertz CT molecular complexity index is 2550. The second-order valence-electron chi connectivity index (χ2n) is 13.1. The van der Waals surface area contributed by atoms with Gasteiger partial charge in [-0.1, -0.05) is 115 Å². The van der Waals surface area contributed by atoms with Gasteiger partial charge in [-0.05, 0) is 131 Å². The van der Waals surface area contributed by atoms with E-state index in [0.29, 0.717) is 0 Å². The van der Waals surface area contributed by atoms with Crippen LogP contribution in [0, 0.1) is 0 Å². The van der Waals surface area contributed by atoms with Gasteiger partial charge in [0.05, 0.1) is 0 Å². The van der Waals surface area contributed by atoms with Crippen molar-refractivity contribution in [2.75, 3.05) is 14.7 Å². The van der Waals surface area contributed by atoms with Gasteiger partial charge in [-0.2, -0.15) is 0 Å². The second-order valence-corrected chi connectivity index (χ2v) is 13.1. The second kappa shape index (κ2) is 14.3. The molecule has 0 atom stereocenters. The van der Waals surface area contributed by atoms with Gasteiger partial charge in [0.25, 0.3) is 0 Å². The number of para-hydroxylation sites is 4. The highest BCUT2D eigenvalue weighted by atomic mass is 15.2. The fourth-order valence-electron chi connectivity index (χ4n) is 7.28. The van der Waals surface area contributed by atoms with Crippen LogP contribution in [0.2, 0.25) is 0 Å². The van der Waals surface area contributed by atoms with Gasteiger partial charge in [0.1, 0.15) is 0 Å². The van der Waals surface area contributed by atoms with Gasteiger partial charge in [0.15, 0.2) is 0 Å². The van der Waals surface area contributed by atoms with Crippen LogP contribution < -0.4 is 14.7 Å². The summed E-state index contributed by atoms with van der Waals surface area (Å²) in [5.41, 5.74) is 9.89. The van der Waals surface area contributed by atoms with Gasteiger partial charge < -0.3 is 14.7 Å². The van der Waals surface area contributed by atoms with E-state index in [0.717, 1.165) is 51.2 Å². The Morgan fingerprint density at radius 2 is 0.453 bits per heavy atom. The minimum absolute atomic E-state index is 1.08. The molecule has 53 heavy (non-hydrogen) atoms. The summed E-state index contributed by atoms with van der Waals surface area (Å²) in [4.78, 5) is 6.95. The lowest BCUT2D eigenvalue weighted by atomic mass is 10.0. The van der Waals surface area contributed by atoms with E-state index < -0.39 is 0 Å². The van der Waals surface area contributed by atoms with Crippen molar-refractivity contribution in [2.24, 2.45) is 0 Å². The largest absolute Gasteiger partial charge is 0.311 e. The van der Waals surface area contributed by atoms with E-state index in [-0.39, 0.29) is 0 Å². The monoisotopic (exact) mass is 679 g/mol. The number of fused-ring (bicyclic) bond motifs is 3. The molecule has 3 heteroatoms. The van der Waals surface area contributed by atoms with Gasteiger partial charge in [0.2, 0.25) is 0 Å². The maximum absolute atomic E-state index is 2.34. The van der Waals surface area contributed by atoms with E-state index in [1.165, 1.54) is 21.5 Å². The predicted octanol–water partition coefficient (Wildman–Crippen LogP) is 14.4. The first-order chi connectivity index (χ1) is 26.3. The number of rotatable bonds is 9. The molecule has 0 spiro atoms. The highest BCUT2D eigenvalue weighted by Crippen LogP contribution is 2.42. The highest BCUT2D eigenvalue weighted by Gasteiger charge is 2.18. The lowest BCUT2D eigenvalue weighted by Gasteiger charge is -2.29. The lowest BCUT2D eigenvalue weighted by Crippen LogP contribution is -2.13. The molecule has 9 rings (SSSR count). The van der Waals surface area contributed by atoms with Crippen molar-refractivity contribution >= 4 is 72.7 Å². The molecule has 0 radical (unpaired) electrons. The molecule has 0 aliphatic rings. The minimum Gasteiger partial charge on any atom is -0.311 e. The zero-order chi connectivity index (χ0) is 35.4. The molecule has 0 unspecified atom stereocenters. The number of hydrogen-bond donors (Lipinski definition) is 0. The topological polar surface area (TPSA) is 9.72 Å². The molecule has 0 heterocycles. The van der Waals surface area contributed by atoms with Crippen molar-refractivity contribution in [2.45, 2.75) is 0 Å². The average Bonchev–Trinajstić information content (AvgIpc) is 3.24. The first-order valence-electron chi connectivity index (χ1n) is 18.0. The predicted molar refractivity (Wildman–Crippen MR) is 226 cm³/mol. The van der Waals surface area contributed by atoms with Crippen molar-refractivity contribution < 1.29 is 0 Å². The number of anilines is 9. The average molecular weight is 680 g/mol. The molecule has 3 nitrogen and oxygen atoms in total. The molecule has 0 aliphatic carbocycles. The Morgan fingerprint density at radius 1 is 0.189 bits per heavy atom. The molecule has 0 saturated heterocycles. The summed E-state index contributed by atoms with van der Waals surface area (Å²) in [5, 5.41) is 4.98. The molecule has 0 amide bonds. The highest BCUT2D eigenvalue weighted by molar-refractivity contribution is 6.09. The summed E-state index contributed by atoms with van der Waals surface area (Å²) in [6.07, 6.45) is 0. The van der Waals surface area contributed by atoms with E-state index in [4.69, 9.17) is 0 Å². The summed E-state index contributed by atoms with van der Waals surface area (Å²) in [6, 6.07) is 79.8. The summed E-state index contributed by atoms with van der Waals surface area (Å²) >= 11 is 0. The van der Waals surface area contributed by atoms with Crippen molar-refractivity contribution in [3.8, 4) is 0 Å². The zero-order valence-electron chi connectivity index (χ0n) is 29.2. The van der Waals surface area contributed by atoms with Crippen LogP contribution in [0.5, 0.6) is 0 Å². The van der Waals surface area contributed by atoms with Crippen LogP contribution in [-0.2, 0) is 0 Å². The Morgan fingerprint density at radius 3 is 0.849 bits per heavy atom. The molecule has 0 bridgehead atoms. The van der Waals surface area contributed by atoms with Crippen LogP contribution >= 0.6 is 0 Å². The van der Waals surface area contributed by atoms with E-state index in [2.05, 4.69) is 239 Å². The fraction of sp³-hybridized carbons (Fsp3) is 0. The minimum atomic E-state index is 1.08. The van der Waals surface area contributed by atoms with Gasteiger partial charge >= 0.3 is 0 Å². The molecule has 0 aromatic heterocycles. The van der Waals surface area contributed by atoms with Crippen LogP contribution in [0.1, 0.15) is 0 Å². The van der Waals surface area contributed by atoms with E-state index >= 15 is 0 Å². The summed E-state index contributed by atoms with van der Waals surface area (Å²) < 4.78 is 0. The quantitative estimate of drug-likeness (QED) is 0.141. The number of hydrogen-bond acceptors (Lipinski definition) is 3. The summed E-state index contributed by atoms with van der Waals surface area (Å²) in [6.45, 7) is 0. The van der Waals surface area contributed by atoms with Gasteiger partial charge in [-0.15, -0.1) is 0 Å². The Hall–Kier alpha value is -7.10. The van der Waals surface area contributed by atoms with Gasteiger partial charge in [-0.3, -0.25) is 0 Å². The van der Waals surface area contributed by atoms with E-state index in [1.54, 1.807) is 0 Å². The maximum atomic E-state index is 2.34.